The zero-order valence-corrected chi connectivity index (χ0v) is 9.47. The van der Waals surface area contributed by atoms with Crippen LogP contribution in [0.5, 0.6) is 0 Å². The number of unbranched alkanes of at least 4 members (excludes halogenated alkanes) is 2. The van der Waals surface area contributed by atoms with Crippen LogP contribution in [-0.2, 0) is 0 Å². The third kappa shape index (κ3) is 4.73. The average Bonchev–Trinajstić information content (AvgIpc) is 2.11. The summed E-state index contributed by atoms with van der Waals surface area (Å²) in [5.74, 6) is 0. The molecular formula is C10H22OSi. The van der Waals surface area contributed by atoms with Crippen molar-refractivity contribution in [3.05, 3.63) is 12.3 Å². The lowest BCUT2D eigenvalue weighted by atomic mass is 10.4. The smallest absolute Gasteiger partial charge is 0.212 e. The maximum Gasteiger partial charge on any atom is 0.212 e. The first-order chi connectivity index (χ1) is 5.68. The van der Waals surface area contributed by atoms with Crippen LogP contribution >= 0.6 is 0 Å². The molecule has 0 bridgehead atoms. The van der Waals surface area contributed by atoms with Crippen molar-refractivity contribution in [2.75, 3.05) is 0 Å². The Bertz CT molecular complexity index is 115. The minimum atomic E-state index is -2.00. The molecule has 0 aliphatic carbocycles. The van der Waals surface area contributed by atoms with Gasteiger partial charge in [-0.05, 0) is 12.1 Å². The fraction of sp³-hybridized carbons (Fsp3) is 0.800. The average molecular weight is 186 g/mol. The van der Waals surface area contributed by atoms with Gasteiger partial charge in [0.05, 0.1) is 0 Å². The molecule has 0 fully saturated rings. The lowest BCUT2D eigenvalue weighted by Crippen LogP contribution is -2.31. The van der Waals surface area contributed by atoms with E-state index in [4.69, 9.17) is 0 Å². The summed E-state index contributed by atoms with van der Waals surface area (Å²) >= 11 is 0. The van der Waals surface area contributed by atoms with Gasteiger partial charge in [-0.3, -0.25) is 0 Å². The van der Waals surface area contributed by atoms with E-state index in [1.807, 2.05) is 5.70 Å². The lowest BCUT2D eigenvalue weighted by molar-refractivity contribution is 0.532. The molecule has 0 radical (unpaired) electrons. The molecule has 72 valence electrons. The first kappa shape index (κ1) is 11.9. The van der Waals surface area contributed by atoms with Crippen LogP contribution in [0.15, 0.2) is 12.3 Å². The Labute approximate surface area is 77.6 Å². The highest BCUT2D eigenvalue weighted by Crippen LogP contribution is 2.19. The van der Waals surface area contributed by atoms with Crippen LogP contribution in [0.2, 0.25) is 12.1 Å². The van der Waals surface area contributed by atoms with Gasteiger partial charge < -0.3 is 4.80 Å². The van der Waals surface area contributed by atoms with Crippen molar-refractivity contribution in [1.82, 2.24) is 0 Å². The molecule has 1 nitrogen and oxygen atoms in total. The van der Waals surface area contributed by atoms with Gasteiger partial charge in [0.25, 0.3) is 0 Å². The van der Waals surface area contributed by atoms with Gasteiger partial charge in [0, 0.05) is 0 Å². The summed E-state index contributed by atoms with van der Waals surface area (Å²) in [6, 6.07) is 2.01. The Kier molecular flexibility index (Phi) is 6.39. The summed E-state index contributed by atoms with van der Waals surface area (Å²) in [5.41, 5.74) is 1.85. The Morgan fingerprint density at radius 3 is 1.83 bits per heavy atom. The zero-order valence-electron chi connectivity index (χ0n) is 8.47. The summed E-state index contributed by atoms with van der Waals surface area (Å²) in [6.45, 7) is 8.08. The molecule has 0 unspecified atom stereocenters. The SMILES string of the molecule is C=C[Si](O)(CCCC)CCCC. The minimum absolute atomic E-state index is 1.01. The molecule has 0 heterocycles. The van der Waals surface area contributed by atoms with Crippen LogP contribution in [-0.4, -0.2) is 13.1 Å². The largest absolute Gasteiger partial charge is 0.428 e. The Morgan fingerprint density at radius 2 is 1.58 bits per heavy atom. The van der Waals surface area contributed by atoms with E-state index in [2.05, 4.69) is 20.4 Å². The van der Waals surface area contributed by atoms with Crippen molar-refractivity contribution in [3.8, 4) is 0 Å². The molecule has 0 aromatic carbocycles. The first-order valence-corrected chi connectivity index (χ1v) is 7.48. The van der Waals surface area contributed by atoms with Gasteiger partial charge >= 0.3 is 0 Å². The fourth-order valence-electron chi connectivity index (χ4n) is 1.29. The van der Waals surface area contributed by atoms with Gasteiger partial charge in [0.2, 0.25) is 8.32 Å². The summed E-state index contributed by atoms with van der Waals surface area (Å²) in [6.07, 6.45) is 4.65. The van der Waals surface area contributed by atoms with Crippen molar-refractivity contribution in [1.29, 1.82) is 0 Å². The van der Waals surface area contributed by atoms with Crippen LogP contribution in [0, 0.1) is 0 Å². The van der Waals surface area contributed by atoms with Gasteiger partial charge in [0.15, 0.2) is 0 Å². The molecule has 0 saturated carbocycles. The molecule has 0 amide bonds. The van der Waals surface area contributed by atoms with Crippen LogP contribution in [0.4, 0.5) is 0 Å². The molecule has 0 atom stereocenters. The van der Waals surface area contributed by atoms with Crippen LogP contribution in [0.3, 0.4) is 0 Å². The second-order valence-electron chi connectivity index (χ2n) is 3.51. The maximum atomic E-state index is 10.1. The maximum absolute atomic E-state index is 10.1. The second-order valence-corrected chi connectivity index (χ2v) is 7.13. The van der Waals surface area contributed by atoms with E-state index in [0.717, 1.165) is 24.9 Å². The van der Waals surface area contributed by atoms with Gasteiger partial charge in [-0.2, -0.15) is 0 Å². The normalized spacial score (nSPS) is 11.6. The molecular weight excluding hydrogens is 164 g/mol. The highest BCUT2D eigenvalue weighted by Gasteiger charge is 2.24. The van der Waals surface area contributed by atoms with Crippen LogP contribution in [0.1, 0.15) is 39.5 Å². The molecule has 12 heavy (non-hydrogen) atoms. The topological polar surface area (TPSA) is 20.2 Å². The van der Waals surface area contributed by atoms with Crippen molar-refractivity contribution in [2.24, 2.45) is 0 Å². The number of hydrogen-bond acceptors (Lipinski definition) is 1. The van der Waals surface area contributed by atoms with E-state index in [9.17, 15) is 4.80 Å². The number of rotatable bonds is 7. The standard InChI is InChI=1S/C10H22OSi/c1-4-7-9-12(11,6-3)10-8-5-2/h6,11H,3-5,7-10H2,1-2H3. The summed E-state index contributed by atoms with van der Waals surface area (Å²) < 4.78 is 0. The molecule has 1 N–H and O–H groups in total. The molecule has 0 saturated heterocycles. The highest BCUT2D eigenvalue weighted by molar-refractivity contribution is 6.77. The predicted molar refractivity (Wildman–Crippen MR) is 57.6 cm³/mol. The summed E-state index contributed by atoms with van der Waals surface area (Å²) in [4.78, 5) is 10.1. The van der Waals surface area contributed by atoms with E-state index in [1.54, 1.807) is 0 Å². The number of hydrogen-bond donors (Lipinski definition) is 1. The van der Waals surface area contributed by atoms with Gasteiger partial charge in [-0.1, -0.05) is 45.2 Å². The van der Waals surface area contributed by atoms with E-state index >= 15 is 0 Å². The van der Waals surface area contributed by atoms with Crippen molar-refractivity contribution in [3.63, 3.8) is 0 Å². The lowest BCUT2D eigenvalue weighted by Gasteiger charge is -2.20. The Balaban J connectivity index is 3.78. The second kappa shape index (κ2) is 6.43. The van der Waals surface area contributed by atoms with E-state index in [1.165, 1.54) is 12.8 Å². The van der Waals surface area contributed by atoms with Crippen LogP contribution in [0.25, 0.3) is 0 Å². The van der Waals surface area contributed by atoms with Crippen LogP contribution < -0.4 is 0 Å². The van der Waals surface area contributed by atoms with Gasteiger partial charge in [-0.15, -0.1) is 6.58 Å². The zero-order chi connectivity index (χ0) is 9.45. The molecule has 0 spiro atoms. The molecule has 2 heteroatoms. The Morgan fingerprint density at radius 1 is 1.17 bits per heavy atom. The molecule has 0 rings (SSSR count). The minimum Gasteiger partial charge on any atom is -0.428 e. The highest BCUT2D eigenvalue weighted by atomic mass is 28.4. The fourth-order valence-corrected chi connectivity index (χ4v) is 3.88. The predicted octanol–water partition coefficient (Wildman–Crippen LogP) is 3.25. The van der Waals surface area contributed by atoms with Crippen molar-refractivity contribution < 1.29 is 4.80 Å². The van der Waals surface area contributed by atoms with E-state index in [-0.39, 0.29) is 0 Å². The van der Waals surface area contributed by atoms with E-state index in [0.29, 0.717) is 0 Å². The van der Waals surface area contributed by atoms with Gasteiger partial charge in [-0.25, -0.2) is 0 Å². The van der Waals surface area contributed by atoms with E-state index < -0.39 is 8.32 Å². The molecule has 0 aliphatic rings. The quantitative estimate of drug-likeness (QED) is 0.605. The third-order valence-corrected chi connectivity index (χ3v) is 5.51. The van der Waals surface area contributed by atoms with Gasteiger partial charge in [0.1, 0.15) is 0 Å². The first-order valence-electron chi connectivity index (χ1n) is 5.04. The Hall–Kier alpha value is -0.0831. The molecule has 0 aliphatic heterocycles. The van der Waals surface area contributed by atoms with Crippen molar-refractivity contribution >= 4 is 8.32 Å². The third-order valence-electron chi connectivity index (χ3n) is 2.31. The monoisotopic (exact) mass is 186 g/mol. The molecule has 0 aromatic heterocycles. The summed E-state index contributed by atoms with van der Waals surface area (Å²) in [5, 5.41) is 0. The summed E-state index contributed by atoms with van der Waals surface area (Å²) in [7, 11) is -2.00. The van der Waals surface area contributed by atoms with Crippen molar-refractivity contribution in [2.45, 2.75) is 51.6 Å². The molecule has 0 aromatic rings.